The second-order valence-electron chi connectivity index (χ2n) is 2.11. The van der Waals surface area contributed by atoms with Crippen molar-refractivity contribution in [3.05, 3.63) is 17.7 Å². The van der Waals surface area contributed by atoms with Gasteiger partial charge in [-0.25, -0.2) is 4.98 Å². The summed E-state index contributed by atoms with van der Waals surface area (Å²) in [7, 11) is 0. The number of imidazole rings is 1. The van der Waals surface area contributed by atoms with Gasteiger partial charge in [-0.2, -0.15) is 0 Å². The Bertz CT molecular complexity index is 209. The highest BCUT2D eigenvalue weighted by Crippen LogP contribution is 2.11. The number of aliphatic hydroxyl groups excluding tert-OH is 2. The molecule has 1 heterocycles. The fourth-order valence-corrected chi connectivity index (χ4v) is 0.792. The van der Waals surface area contributed by atoms with E-state index in [1.165, 1.54) is 6.33 Å². The summed E-state index contributed by atoms with van der Waals surface area (Å²) in [4.78, 5) is 6.62. The summed E-state index contributed by atoms with van der Waals surface area (Å²) in [6, 6.07) is 0. The van der Waals surface area contributed by atoms with E-state index in [9.17, 15) is 0 Å². The average Bonchev–Trinajstić information content (AvgIpc) is 2.34. The summed E-state index contributed by atoms with van der Waals surface area (Å²) in [6.07, 6.45) is 0.634. The Kier molecular flexibility index (Phi) is 2.03. The highest BCUT2D eigenvalue weighted by atomic mass is 16.3. The summed E-state index contributed by atoms with van der Waals surface area (Å²) in [5.41, 5.74) is 1.31. The summed E-state index contributed by atoms with van der Waals surface area (Å²) in [6.45, 7) is 1.51. The van der Waals surface area contributed by atoms with Gasteiger partial charge >= 0.3 is 0 Å². The van der Waals surface area contributed by atoms with Crippen molar-refractivity contribution in [3.8, 4) is 0 Å². The topological polar surface area (TPSA) is 69.1 Å². The molecule has 0 aliphatic carbocycles. The lowest BCUT2D eigenvalue weighted by Crippen LogP contribution is -2.04. The molecule has 1 atom stereocenters. The van der Waals surface area contributed by atoms with Crippen LogP contribution >= 0.6 is 0 Å². The number of nitrogens with zero attached hydrogens (tertiary/aromatic N) is 1. The number of aliphatic hydroxyl groups is 2. The van der Waals surface area contributed by atoms with Crippen LogP contribution in [-0.4, -0.2) is 26.8 Å². The Labute approximate surface area is 58.5 Å². The van der Waals surface area contributed by atoms with E-state index in [0.29, 0.717) is 5.69 Å². The Morgan fingerprint density at radius 1 is 1.80 bits per heavy atom. The molecule has 0 fully saturated rings. The van der Waals surface area contributed by atoms with Crippen molar-refractivity contribution in [2.45, 2.75) is 13.0 Å². The first-order chi connectivity index (χ1) is 4.75. The van der Waals surface area contributed by atoms with Gasteiger partial charge in [0.1, 0.15) is 6.10 Å². The molecule has 0 saturated heterocycles. The third kappa shape index (κ3) is 1.17. The van der Waals surface area contributed by atoms with Gasteiger partial charge < -0.3 is 15.2 Å². The number of aromatic nitrogens is 2. The maximum atomic E-state index is 9.07. The van der Waals surface area contributed by atoms with Crippen molar-refractivity contribution in [1.29, 1.82) is 0 Å². The minimum absolute atomic E-state index is 0.286. The molecule has 1 aromatic rings. The van der Waals surface area contributed by atoms with Gasteiger partial charge in [-0.1, -0.05) is 0 Å². The van der Waals surface area contributed by atoms with Crippen LogP contribution in [0.5, 0.6) is 0 Å². The van der Waals surface area contributed by atoms with Gasteiger partial charge in [0, 0.05) is 5.69 Å². The highest BCUT2D eigenvalue weighted by Gasteiger charge is 2.10. The maximum absolute atomic E-state index is 9.07. The molecule has 0 aliphatic heterocycles. The van der Waals surface area contributed by atoms with Crippen LogP contribution in [0.15, 0.2) is 6.33 Å². The van der Waals surface area contributed by atoms with E-state index in [0.717, 1.165) is 5.69 Å². The van der Waals surface area contributed by atoms with Crippen LogP contribution in [0.4, 0.5) is 0 Å². The third-order valence-corrected chi connectivity index (χ3v) is 1.36. The van der Waals surface area contributed by atoms with E-state index in [1.54, 1.807) is 6.92 Å². The molecule has 0 bridgehead atoms. The van der Waals surface area contributed by atoms with E-state index >= 15 is 0 Å². The molecule has 0 spiro atoms. The number of aromatic amines is 1. The maximum Gasteiger partial charge on any atom is 0.121 e. The number of nitrogens with one attached hydrogen (secondary N) is 1. The normalized spacial score (nSPS) is 13.5. The molecular weight excluding hydrogens is 132 g/mol. The van der Waals surface area contributed by atoms with Gasteiger partial charge in [-0.15, -0.1) is 0 Å². The van der Waals surface area contributed by atoms with E-state index in [1.807, 2.05) is 0 Å². The van der Waals surface area contributed by atoms with Gasteiger partial charge in [0.2, 0.25) is 0 Å². The van der Waals surface area contributed by atoms with Crippen LogP contribution < -0.4 is 0 Å². The van der Waals surface area contributed by atoms with Crippen molar-refractivity contribution in [1.82, 2.24) is 9.97 Å². The molecule has 0 saturated carbocycles. The molecule has 4 nitrogen and oxygen atoms in total. The monoisotopic (exact) mass is 142 g/mol. The van der Waals surface area contributed by atoms with Gasteiger partial charge in [0.25, 0.3) is 0 Å². The van der Waals surface area contributed by atoms with E-state index in [2.05, 4.69) is 9.97 Å². The molecular formula is C6H10N2O2. The second kappa shape index (κ2) is 2.81. The Hall–Kier alpha value is -0.870. The Morgan fingerprint density at radius 2 is 2.50 bits per heavy atom. The summed E-state index contributed by atoms with van der Waals surface area (Å²) in [5, 5.41) is 17.6. The minimum Gasteiger partial charge on any atom is -0.393 e. The molecule has 0 aromatic carbocycles. The van der Waals surface area contributed by atoms with Crippen LogP contribution in [0, 0.1) is 6.92 Å². The zero-order valence-corrected chi connectivity index (χ0v) is 5.70. The molecule has 4 heteroatoms. The number of hydrogen-bond donors (Lipinski definition) is 3. The molecule has 0 amide bonds. The van der Waals surface area contributed by atoms with Crippen molar-refractivity contribution >= 4 is 0 Å². The van der Waals surface area contributed by atoms with Crippen LogP contribution in [0.3, 0.4) is 0 Å². The molecule has 0 aliphatic rings. The SMILES string of the molecule is Cc1[nH]cnc1C(O)CO. The lowest BCUT2D eigenvalue weighted by molar-refractivity contribution is 0.0921. The lowest BCUT2D eigenvalue weighted by atomic mass is 10.2. The van der Waals surface area contributed by atoms with Gasteiger partial charge in [0.15, 0.2) is 0 Å². The van der Waals surface area contributed by atoms with Crippen molar-refractivity contribution in [2.75, 3.05) is 6.61 Å². The molecule has 1 unspecified atom stereocenters. The second-order valence-corrected chi connectivity index (χ2v) is 2.11. The smallest absolute Gasteiger partial charge is 0.121 e. The van der Waals surface area contributed by atoms with Gasteiger partial charge in [-0.05, 0) is 6.92 Å². The van der Waals surface area contributed by atoms with Crippen LogP contribution in [0.1, 0.15) is 17.5 Å². The fraction of sp³-hybridized carbons (Fsp3) is 0.500. The van der Waals surface area contributed by atoms with Crippen molar-refractivity contribution in [2.24, 2.45) is 0 Å². The first-order valence-electron chi connectivity index (χ1n) is 3.04. The quantitative estimate of drug-likeness (QED) is 0.533. The van der Waals surface area contributed by atoms with Crippen LogP contribution in [0.2, 0.25) is 0 Å². The van der Waals surface area contributed by atoms with Crippen LogP contribution in [0.25, 0.3) is 0 Å². The molecule has 10 heavy (non-hydrogen) atoms. The van der Waals surface area contributed by atoms with Crippen molar-refractivity contribution in [3.63, 3.8) is 0 Å². The Balaban J connectivity index is 2.82. The minimum atomic E-state index is -0.855. The van der Waals surface area contributed by atoms with Gasteiger partial charge in [0.05, 0.1) is 18.6 Å². The molecule has 3 N–H and O–H groups in total. The molecule has 0 radical (unpaired) electrons. The number of rotatable bonds is 2. The number of H-pyrrole nitrogens is 1. The summed E-state index contributed by atoms with van der Waals surface area (Å²) in [5.74, 6) is 0. The van der Waals surface area contributed by atoms with Gasteiger partial charge in [-0.3, -0.25) is 0 Å². The number of hydrogen-bond acceptors (Lipinski definition) is 3. The molecule has 56 valence electrons. The molecule has 1 aromatic heterocycles. The van der Waals surface area contributed by atoms with Crippen molar-refractivity contribution < 1.29 is 10.2 Å². The predicted molar refractivity (Wildman–Crippen MR) is 35.4 cm³/mol. The first-order valence-corrected chi connectivity index (χ1v) is 3.04. The first kappa shape index (κ1) is 7.24. The average molecular weight is 142 g/mol. The standard InChI is InChI=1S/C6H10N2O2/c1-4-6(5(10)2-9)8-3-7-4/h3,5,9-10H,2H2,1H3,(H,7,8). The van der Waals surface area contributed by atoms with E-state index < -0.39 is 6.10 Å². The fourth-order valence-electron chi connectivity index (χ4n) is 0.792. The largest absolute Gasteiger partial charge is 0.393 e. The predicted octanol–water partition coefficient (Wildman–Crippen LogP) is -0.256. The third-order valence-electron chi connectivity index (χ3n) is 1.36. The zero-order chi connectivity index (χ0) is 7.56. The summed E-state index contributed by atoms with van der Waals surface area (Å²) < 4.78 is 0. The molecule has 1 rings (SSSR count). The summed E-state index contributed by atoms with van der Waals surface area (Å²) >= 11 is 0. The number of aryl methyl sites for hydroxylation is 1. The van der Waals surface area contributed by atoms with E-state index in [-0.39, 0.29) is 6.61 Å². The lowest BCUT2D eigenvalue weighted by Gasteiger charge is -2.02. The zero-order valence-electron chi connectivity index (χ0n) is 5.70. The Morgan fingerprint density at radius 3 is 2.90 bits per heavy atom. The van der Waals surface area contributed by atoms with Crippen LogP contribution in [-0.2, 0) is 0 Å². The highest BCUT2D eigenvalue weighted by molar-refractivity contribution is 5.11. The van der Waals surface area contributed by atoms with E-state index in [4.69, 9.17) is 10.2 Å².